The summed E-state index contributed by atoms with van der Waals surface area (Å²) in [6.07, 6.45) is 2.34. The van der Waals surface area contributed by atoms with Gasteiger partial charge in [-0.05, 0) is 57.2 Å². The van der Waals surface area contributed by atoms with Gasteiger partial charge in [0, 0.05) is 31.7 Å². The third-order valence-electron chi connectivity index (χ3n) is 4.87. The van der Waals surface area contributed by atoms with Gasteiger partial charge < -0.3 is 20.3 Å². The van der Waals surface area contributed by atoms with Crippen LogP contribution in [0.2, 0.25) is 0 Å². The van der Waals surface area contributed by atoms with Crippen LogP contribution >= 0.6 is 0 Å². The van der Waals surface area contributed by atoms with Crippen molar-refractivity contribution in [1.29, 1.82) is 0 Å². The Bertz CT molecular complexity index is 560. The lowest BCUT2D eigenvalue weighted by Gasteiger charge is -2.35. The molecule has 0 aliphatic carbocycles. The molecule has 5 heteroatoms. The van der Waals surface area contributed by atoms with Crippen LogP contribution in [0.3, 0.4) is 0 Å². The summed E-state index contributed by atoms with van der Waals surface area (Å²) in [6, 6.07) is 9.42. The van der Waals surface area contributed by atoms with E-state index in [9.17, 15) is 0 Å². The van der Waals surface area contributed by atoms with E-state index in [0.29, 0.717) is 24.5 Å². The van der Waals surface area contributed by atoms with E-state index in [-0.39, 0.29) is 0 Å². The Morgan fingerprint density at radius 3 is 2.37 bits per heavy atom. The topological polar surface area (TPSA) is 48.9 Å². The van der Waals surface area contributed by atoms with Crippen molar-refractivity contribution < 1.29 is 4.74 Å². The molecule has 5 nitrogen and oxygen atoms in total. The Labute approximate surface area is 165 Å². The van der Waals surface area contributed by atoms with Crippen molar-refractivity contribution in [3.8, 4) is 5.75 Å². The van der Waals surface area contributed by atoms with Crippen LogP contribution in [0.15, 0.2) is 29.3 Å². The molecule has 152 valence electrons. The molecule has 0 atom stereocenters. The third-order valence-corrected chi connectivity index (χ3v) is 4.87. The molecule has 0 unspecified atom stereocenters. The van der Waals surface area contributed by atoms with Gasteiger partial charge in [0.1, 0.15) is 5.75 Å². The van der Waals surface area contributed by atoms with Gasteiger partial charge in [-0.15, -0.1) is 0 Å². The molecule has 0 spiro atoms. The van der Waals surface area contributed by atoms with Crippen LogP contribution in [-0.2, 0) is 6.54 Å². The highest BCUT2D eigenvalue weighted by atomic mass is 16.5. The zero-order valence-electron chi connectivity index (χ0n) is 17.8. The molecule has 0 amide bonds. The standard InChI is InChI=1S/C22H38N4O/c1-6-23-22(25-20-11-13-26(14-12-20)18(4)5)24-15-19-7-9-21(10-8-19)27-16-17(2)3/h7-10,17-18,20H,6,11-16H2,1-5H3,(H2,23,24,25). The fraction of sp³-hybridized carbons (Fsp3) is 0.682. The van der Waals surface area contributed by atoms with Gasteiger partial charge in [-0.3, -0.25) is 0 Å². The Morgan fingerprint density at radius 1 is 1.15 bits per heavy atom. The Morgan fingerprint density at radius 2 is 1.81 bits per heavy atom. The van der Waals surface area contributed by atoms with Gasteiger partial charge in [0.15, 0.2) is 5.96 Å². The van der Waals surface area contributed by atoms with Gasteiger partial charge in [-0.2, -0.15) is 0 Å². The second kappa shape index (κ2) is 11.2. The highest BCUT2D eigenvalue weighted by molar-refractivity contribution is 5.80. The molecular formula is C22H38N4O. The Hall–Kier alpha value is -1.75. The number of likely N-dealkylation sites (tertiary alicyclic amines) is 1. The predicted molar refractivity (Wildman–Crippen MR) is 114 cm³/mol. The predicted octanol–water partition coefficient (Wildman–Crippen LogP) is 3.65. The molecule has 0 bridgehead atoms. The van der Waals surface area contributed by atoms with E-state index in [2.05, 4.69) is 62.3 Å². The van der Waals surface area contributed by atoms with Crippen molar-refractivity contribution in [2.75, 3.05) is 26.2 Å². The molecule has 1 aliphatic heterocycles. The number of nitrogens with one attached hydrogen (secondary N) is 2. The maximum absolute atomic E-state index is 5.75. The first-order valence-corrected chi connectivity index (χ1v) is 10.5. The lowest BCUT2D eigenvalue weighted by atomic mass is 10.0. The average Bonchev–Trinajstić information content (AvgIpc) is 2.66. The lowest BCUT2D eigenvalue weighted by Crippen LogP contribution is -2.49. The first kappa shape index (κ1) is 21.5. The molecule has 2 rings (SSSR count). The second-order valence-electron chi connectivity index (χ2n) is 8.09. The minimum Gasteiger partial charge on any atom is -0.493 e. The highest BCUT2D eigenvalue weighted by Gasteiger charge is 2.21. The average molecular weight is 375 g/mol. The number of nitrogens with zero attached hydrogens (tertiary/aromatic N) is 2. The molecule has 0 radical (unpaired) electrons. The summed E-state index contributed by atoms with van der Waals surface area (Å²) < 4.78 is 5.75. The molecule has 1 aromatic carbocycles. The number of benzene rings is 1. The SMILES string of the molecule is CCNC(=NCc1ccc(OCC(C)C)cc1)NC1CCN(C(C)C)CC1. The van der Waals surface area contributed by atoms with Gasteiger partial charge in [0.2, 0.25) is 0 Å². The van der Waals surface area contributed by atoms with E-state index >= 15 is 0 Å². The summed E-state index contributed by atoms with van der Waals surface area (Å²) >= 11 is 0. The summed E-state index contributed by atoms with van der Waals surface area (Å²) in [6.45, 7) is 15.6. The summed E-state index contributed by atoms with van der Waals surface area (Å²) in [5, 5.41) is 7.00. The van der Waals surface area contributed by atoms with Crippen LogP contribution in [0.25, 0.3) is 0 Å². The van der Waals surface area contributed by atoms with Gasteiger partial charge >= 0.3 is 0 Å². The summed E-state index contributed by atoms with van der Waals surface area (Å²) in [4.78, 5) is 7.32. The van der Waals surface area contributed by atoms with Crippen LogP contribution in [0.5, 0.6) is 5.75 Å². The van der Waals surface area contributed by atoms with Gasteiger partial charge in [-0.1, -0.05) is 26.0 Å². The minimum absolute atomic E-state index is 0.504. The number of piperidine rings is 1. The number of rotatable bonds is 8. The molecule has 27 heavy (non-hydrogen) atoms. The van der Waals surface area contributed by atoms with Crippen molar-refractivity contribution in [3.05, 3.63) is 29.8 Å². The number of ether oxygens (including phenoxy) is 1. The van der Waals surface area contributed by atoms with E-state index in [0.717, 1.165) is 38.0 Å². The number of hydrogen-bond acceptors (Lipinski definition) is 3. The molecule has 1 heterocycles. The van der Waals surface area contributed by atoms with Crippen molar-refractivity contribution >= 4 is 5.96 Å². The van der Waals surface area contributed by atoms with Crippen LogP contribution in [0, 0.1) is 5.92 Å². The lowest BCUT2D eigenvalue weighted by molar-refractivity contribution is 0.167. The zero-order valence-corrected chi connectivity index (χ0v) is 17.8. The maximum Gasteiger partial charge on any atom is 0.191 e. The molecular weight excluding hydrogens is 336 g/mol. The molecule has 0 aromatic heterocycles. The molecule has 1 fully saturated rings. The van der Waals surface area contributed by atoms with Gasteiger partial charge in [0.25, 0.3) is 0 Å². The largest absolute Gasteiger partial charge is 0.493 e. The second-order valence-corrected chi connectivity index (χ2v) is 8.09. The van der Waals surface area contributed by atoms with Crippen molar-refractivity contribution in [1.82, 2.24) is 15.5 Å². The van der Waals surface area contributed by atoms with Crippen molar-refractivity contribution in [3.63, 3.8) is 0 Å². The van der Waals surface area contributed by atoms with Crippen LogP contribution in [0.1, 0.15) is 53.0 Å². The van der Waals surface area contributed by atoms with E-state index in [4.69, 9.17) is 9.73 Å². The monoisotopic (exact) mass is 374 g/mol. The Kier molecular flexibility index (Phi) is 8.92. The highest BCUT2D eigenvalue weighted by Crippen LogP contribution is 2.15. The molecule has 1 saturated heterocycles. The van der Waals surface area contributed by atoms with E-state index in [1.807, 2.05) is 12.1 Å². The molecule has 2 N–H and O–H groups in total. The number of guanidine groups is 1. The van der Waals surface area contributed by atoms with Crippen LogP contribution in [-0.4, -0.2) is 49.2 Å². The number of aliphatic imine (C=N–C) groups is 1. The summed E-state index contributed by atoms with van der Waals surface area (Å²) in [5.41, 5.74) is 1.19. The fourth-order valence-electron chi connectivity index (χ4n) is 3.20. The van der Waals surface area contributed by atoms with Gasteiger partial charge in [-0.25, -0.2) is 4.99 Å². The number of hydrogen-bond donors (Lipinski definition) is 2. The minimum atomic E-state index is 0.504. The van der Waals surface area contributed by atoms with E-state index in [1.165, 1.54) is 18.4 Å². The molecule has 1 aliphatic rings. The summed E-state index contributed by atoms with van der Waals surface area (Å²) in [5.74, 6) is 2.38. The zero-order chi connectivity index (χ0) is 19.6. The quantitative estimate of drug-likeness (QED) is 0.539. The Balaban J connectivity index is 1.86. The normalized spacial score (nSPS) is 16.8. The van der Waals surface area contributed by atoms with Crippen LogP contribution < -0.4 is 15.4 Å². The summed E-state index contributed by atoms with van der Waals surface area (Å²) in [7, 11) is 0. The van der Waals surface area contributed by atoms with E-state index in [1.54, 1.807) is 0 Å². The third kappa shape index (κ3) is 7.79. The fourth-order valence-corrected chi connectivity index (χ4v) is 3.20. The first-order chi connectivity index (χ1) is 13.0. The smallest absolute Gasteiger partial charge is 0.191 e. The molecule has 1 aromatic rings. The maximum atomic E-state index is 5.75. The van der Waals surface area contributed by atoms with Crippen molar-refractivity contribution in [2.45, 2.75) is 66.1 Å². The van der Waals surface area contributed by atoms with Crippen LogP contribution in [0.4, 0.5) is 0 Å². The van der Waals surface area contributed by atoms with Crippen molar-refractivity contribution in [2.24, 2.45) is 10.9 Å². The van der Waals surface area contributed by atoms with E-state index < -0.39 is 0 Å². The first-order valence-electron chi connectivity index (χ1n) is 10.5. The molecule has 0 saturated carbocycles. The van der Waals surface area contributed by atoms with Gasteiger partial charge in [0.05, 0.1) is 13.2 Å².